The van der Waals surface area contributed by atoms with Gasteiger partial charge >= 0.3 is 0 Å². The Bertz CT molecular complexity index is 1450. The van der Waals surface area contributed by atoms with Crippen LogP contribution in [0.4, 0.5) is 5.95 Å². The minimum atomic E-state index is 0.563. The Hall–Kier alpha value is -4.52. The van der Waals surface area contributed by atoms with Crippen LogP contribution in [-0.4, -0.2) is 26.2 Å². The molecule has 7 nitrogen and oxygen atoms in total. The van der Waals surface area contributed by atoms with Crippen molar-refractivity contribution in [3.8, 4) is 17.1 Å². The number of fused-ring (bicyclic) bond motifs is 1. The molecule has 0 aliphatic heterocycles. The van der Waals surface area contributed by atoms with E-state index in [2.05, 4.69) is 20.9 Å². The van der Waals surface area contributed by atoms with E-state index in [1.165, 1.54) is 0 Å². The van der Waals surface area contributed by atoms with E-state index >= 15 is 0 Å². The molecule has 0 saturated heterocycles. The van der Waals surface area contributed by atoms with Gasteiger partial charge in [-0.05, 0) is 43.3 Å². The van der Waals surface area contributed by atoms with Crippen molar-refractivity contribution in [2.75, 3.05) is 12.4 Å². The van der Waals surface area contributed by atoms with Gasteiger partial charge in [0.25, 0.3) is 0 Å². The van der Waals surface area contributed by atoms with Crippen molar-refractivity contribution in [1.82, 2.24) is 19.1 Å². The second-order valence-corrected chi connectivity index (χ2v) is 7.65. The first-order valence-corrected chi connectivity index (χ1v) is 10.6. The van der Waals surface area contributed by atoms with Gasteiger partial charge in [-0.3, -0.25) is 4.57 Å². The number of rotatable bonds is 6. The number of nitrogens with one attached hydrogen (secondary N) is 1. The van der Waals surface area contributed by atoms with Crippen molar-refractivity contribution in [2.45, 2.75) is 6.92 Å². The fourth-order valence-corrected chi connectivity index (χ4v) is 3.81. The standard InChI is InChI=1S/C26H24N6O/c1-18-16-31(17-29-18)24-13-12-19(14-25(24)33-2)21(27)15-28-26-30-22-10-6-7-11-23(22)32(26)20-8-4-3-5-9-20/h3-17H,27H2,1-2H3,(H,28,30)/b21-15-. The number of aromatic nitrogens is 4. The Labute approximate surface area is 191 Å². The van der Waals surface area contributed by atoms with E-state index in [9.17, 15) is 0 Å². The number of methoxy groups -OCH3 is 1. The molecule has 2 aromatic heterocycles. The molecule has 0 unspecified atom stereocenters. The lowest BCUT2D eigenvalue weighted by Crippen LogP contribution is -2.05. The second kappa shape index (κ2) is 8.55. The van der Waals surface area contributed by atoms with Crippen LogP contribution in [0.3, 0.4) is 0 Å². The fraction of sp³-hybridized carbons (Fsp3) is 0.0769. The Morgan fingerprint density at radius 1 is 1.03 bits per heavy atom. The third kappa shape index (κ3) is 3.92. The lowest BCUT2D eigenvalue weighted by Gasteiger charge is -2.12. The summed E-state index contributed by atoms with van der Waals surface area (Å²) in [5.74, 6) is 1.39. The maximum absolute atomic E-state index is 6.43. The van der Waals surface area contributed by atoms with E-state index in [1.54, 1.807) is 19.6 Å². The van der Waals surface area contributed by atoms with Crippen LogP contribution in [0.5, 0.6) is 5.75 Å². The molecule has 0 saturated carbocycles. The van der Waals surface area contributed by atoms with Gasteiger partial charge in [-0.1, -0.05) is 36.4 Å². The molecular formula is C26H24N6O. The number of hydrogen-bond donors (Lipinski definition) is 2. The van der Waals surface area contributed by atoms with Crippen molar-refractivity contribution in [2.24, 2.45) is 5.73 Å². The lowest BCUT2D eigenvalue weighted by molar-refractivity contribution is 0.412. The smallest absolute Gasteiger partial charge is 0.212 e. The average molecular weight is 437 g/mol. The molecule has 5 rings (SSSR count). The number of benzene rings is 3. The largest absolute Gasteiger partial charge is 0.495 e. The predicted octanol–water partition coefficient (Wildman–Crippen LogP) is 4.90. The molecule has 0 bridgehead atoms. The predicted molar refractivity (Wildman–Crippen MR) is 132 cm³/mol. The van der Waals surface area contributed by atoms with Crippen LogP contribution in [0, 0.1) is 6.92 Å². The quantitative estimate of drug-likeness (QED) is 0.396. The highest BCUT2D eigenvalue weighted by Crippen LogP contribution is 2.28. The fourth-order valence-electron chi connectivity index (χ4n) is 3.81. The van der Waals surface area contributed by atoms with Gasteiger partial charge in [0.15, 0.2) is 0 Å². The van der Waals surface area contributed by atoms with E-state index in [0.29, 0.717) is 17.4 Å². The normalized spacial score (nSPS) is 11.6. The van der Waals surface area contributed by atoms with Crippen LogP contribution in [0.15, 0.2) is 91.5 Å². The molecule has 2 heterocycles. The first-order chi connectivity index (χ1) is 16.1. The van der Waals surface area contributed by atoms with Gasteiger partial charge < -0.3 is 20.4 Å². The van der Waals surface area contributed by atoms with Crippen molar-refractivity contribution in [3.05, 3.63) is 103 Å². The van der Waals surface area contributed by atoms with Crippen LogP contribution in [0.1, 0.15) is 11.3 Å². The molecule has 0 aliphatic rings. The zero-order valence-electron chi connectivity index (χ0n) is 18.4. The van der Waals surface area contributed by atoms with Gasteiger partial charge in [0, 0.05) is 23.6 Å². The van der Waals surface area contributed by atoms with Crippen molar-refractivity contribution >= 4 is 22.7 Å². The summed E-state index contributed by atoms with van der Waals surface area (Å²) < 4.78 is 9.61. The summed E-state index contributed by atoms with van der Waals surface area (Å²) >= 11 is 0. The van der Waals surface area contributed by atoms with E-state index in [1.807, 2.05) is 84.4 Å². The van der Waals surface area contributed by atoms with Crippen LogP contribution in [0.2, 0.25) is 0 Å². The maximum Gasteiger partial charge on any atom is 0.212 e. The number of ether oxygens (including phenoxy) is 1. The van der Waals surface area contributed by atoms with Gasteiger partial charge in [-0.25, -0.2) is 9.97 Å². The molecule has 0 spiro atoms. The number of anilines is 1. The molecule has 0 aliphatic carbocycles. The molecule has 0 atom stereocenters. The zero-order chi connectivity index (χ0) is 22.8. The van der Waals surface area contributed by atoms with Gasteiger partial charge in [-0.2, -0.15) is 0 Å². The highest BCUT2D eigenvalue weighted by molar-refractivity contribution is 5.81. The molecule has 0 radical (unpaired) electrons. The van der Waals surface area contributed by atoms with Crippen LogP contribution >= 0.6 is 0 Å². The molecule has 0 fully saturated rings. The minimum absolute atomic E-state index is 0.563. The minimum Gasteiger partial charge on any atom is -0.495 e. The van der Waals surface area contributed by atoms with Crippen molar-refractivity contribution in [1.29, 1.82) is 0 Å². The number of para-hydroxylation sites is 3. The Morgan fingerprint density at radius 3 is 2.58 bits per heavy atom. The molecule has 3 aromatic carbocycles. The number of nitrogens with two attached hydrogens (primary N) is 1. The number of aryl methyl sites for hydroxylation is 1. The van der Waals surface area contributed by atoms with Gasteiger partial charge in [-0.15, -0.1) is 0 Å². The Morgan fingerprint density at radius 2 is 1.82 bits per heavy atom. The van der Waals surface area contributed by atoms with Gasteiger partial charge in [0.2, 0.25) is 5.95 Å². The molecule has 7 heteroatoms. The molecule has 5 aromatic rings. The number of nitrogens with zero attached hydrogens (tertiary/aromatic N) is 4. The summed E-state index contributed by atoms with van der Waals surface area (Å²) in [6.07, 6.45) is 5.48. The summed E-state index contributed by atoms with van der Waals surface area (Å²) in [4.78, 5) is 9.05. The summed E-state index contributed by atoms with van der Waals surface area (Å²) in [7, 11) is 1.65. The average Bonchev–Trinajstić information content (AvgIpc) is 3.45. The van der Waals surface area contributed by atoms with Crippen LogP contribution in [0.25, 0.3) is 28.1 Å². The maximum atomic E-state index is 6.43. The lowest BCUT2D eigenvalue weighted by atomic mass is 10.1. The third-order valence-corrected chi connectivity index (χ3v) is 5.43. The highest BCUT2D eigenvalue weighted by atomic mass is 16.5. The molecule has 164 valence electrons. The van der Waals surface area contributed by atoms with Crippen LogP contribution < -0.4 is 15.8 Å². The summed E-state index contributed by atoms with van der Waals surface area (Å²) in [6.45, 7) is 1.95. The number of imidazole rings is 2. The van der Waals surface area contributed by atoms with E-state index in [4.69, 9.17) is 15.5 Å². The molecular weight excluding hydrogens is 412 g/mol. The first kappa shape index (κ1) is 20.4. The Balaban J connectivity index is 1.49. The SMILES string of the molecule is COc1cc(/C(N)=C/Nc2nc3ccccc3n2-c2ccccc2)ccc1-n1cnc(C)c1. The van der Waals surface area contributed by atoms with Crippen molar-refractivity contribution < 1.29 is 4.74 Å². The summed E-state index contributed by atoms with van der Waals surface area (Å²) in [5, 5.41) is 3.30. The Kier molecular flexibility index (Phi) is 5.28. The highest BCUT2D eigenvalue weighted by Gasteiger charge is 2.12. The third-order valence-electron chi connectivity index (χ3n) is 5.43. The summed E-state index contributed by atoms with van der Waals surface area (Å²) in [6, 6.07) is 24.0. The van der Waals surface area contributed by atoms with Crippen LogP contribution in [-0.2, 0) is 0 Å². The molecule has 33 heavy (non-hydrogen) atoms. The van der Waals surface area contributed by atoms with E-state index in [-0.39, 0.29) is 0 Å². The second-order valence-electron chi connectivity index (χ2n) is 7.65. The zero-order valence-corrected chi connectivity index (χ0v) is 18.4. The topological polar surface area (TPSA) is 82.9 Å². The molecule has 3 N–H and O–H groups in total. The van der Waals surface area contributed by atoms with Crippen molar-refractivity contribution in [3.63, 3.8) is 0 Å². The van der Waals surface area contributed by atoms with E-state index in [0.717, 1.165) is 33.7 Å². The van der Waals surface area contributed by atoms with Gasteiger partial charge in [0.1, 0.15) is 5.75 Å². The summed E-state index contributed by atoms with van der Waals surface area (Å²) in [5.41, 5.74) is 12.6. The van der Waals surface area contributed by atoms with Gasteiger partial charge in [0.05, 0.1) is 41.5 Å². The first-order valence-electron chi connectivity index (χ1n) is 10.6. The molecule has 0 amide bonds. The monoisotopic (exact) mass is 436 g/mol. The number of hydrogen-bond acceptors (Lipinski definition) is 5. The van der Waals surface area contributed by atoms with E-state index < -0.39 is 0 Å².